The van der Waals surface area contributed by atoms with E-state index in [1.807, 2.05) is 42.8 Å². The molecule has 0 unspecified atom stereocenters. The minimum atomic E-state index is -4.34. The predicted molar refractivity (Wildman–Crippen MR) is 86.8 cm³/mol. The Labute approximate surface area is 136 Å². The van der Waals surface area contributed by atoms with Gasteiger partial charge in [-0.2, -0.15) is 13.2 Å². The van der Waals surface area contributed by atoms with Crippen LogP contribution in [0.25, 0.3) is 16.9 Å². The lowest BCUT2D eigenvalue weighted by molar-refractivity contribution is -0.137. The molecule has 1 aromatic carbocycles. The van der Waals surface area contributed by atoms with Crippen molar-refractivity contribution in [1.82, 2.24) is 9.38 Å². The van der Waals surface area contributed by atoms with Gasteiger partial charge in [-0.15, -0.1) is 11.8 Å². The monoisotopic (exact) mass is 336 g/mol. The first-order chi connectivity index (χ1) is 10.9. The highest BCUT2D eigenvalue weighted by molar-refractivity contribution is 7.99. The van der Waals surface area contributed by atoms with Gasteiger partial charge in [0.05, 0.1) is 11.3 Å². The fraction of sp³-hybridized carbons (Fsp3) is 0.235. The van der Waals surface area contributed by atoms with Crippen molar-refractivity contribution in [2.45, 2.75) is 24.9 Å². The highest BCUT2D eigenvalue weighted by atomic mass is 32.2. The van der Waals surface area contributed by atoms with Crippen LogP contribution in [0.3, 0.4) is 0 Å². The van der Waals surface area contributed by atoms with Gasteiger partial charge in [0.15, 0.2) is 0 Å². The van der Waals surface area contributed by atoms with Crippen LogP contribution in [0, 0.1) is 6.92 Å². The van der Waals surface area contributed by atoms with Gasteiger partial charge in [-0.3, -0.25) is 0 Å². The Morgan fingerprint density at radius 1 is 1.13 bits per heavy atom. The van der Waals surface area contributed by atoms with Crippen LogP contribution in [0.15, 0.2) is 47.6 Å². The molecule has 0 fully saturated rings. The molecule has 23 heavy (non-hydrogen) atoms. The Morgan fingerprint density at radius 3 is 2.61 bits per heavy atom. The van der Waals surface area contributed by atoms with Gasteiger partial charge < -0.3 is 4.40 Å². The number of thioether (sulfide) groups is 1. The summed E-state index contributed by atoms with van der Waals surface area (Å²) in [5.41, 5.74) is 2.65. The smallest absolute Gasteiger partial charge is 0.306 e. The number of rotatable bonds is 3. The summed E-state index contributed by atoms with van der Waals surface area (Å²) in [6, 6.07) is 7.69. The minimum absolute atomic E-state index is 0.599. The number of imidazole rings is 1. The zero-order valence-corrected chi connectivity index (χ0v) is 13.5. The van der Waals surface area contributed by atoms with E-state index in [0.29, 0.717) is 16.3 Å². The SMILES string of the molecule is CCSc1cc(C(F)(F)F)ccc1-c1cn2cc(C)ccc2n1. The lowest BCUT2D eigenvalue weighted by Crippen LogP contribution is -2.05. The molecule has 0 saturated carbocycles. The van der Waals surface area contributed by atoms with Crippen molar-refractivity contribution in [3.63, 3.8) is 0 Å². The summed E-state index contributed by atoms with van der Waals surface area (Å²) in [4.78, 5) is 5.13. The number of nitrogens with zero attached hydrogens (tertiary/aromatic N) is 2. The summed E-state index contributed by atoms with van der Waals surface area (Å²) in [6.45, 7) is 3.90. The van der Waals surface area contributed by atoms with E-state index in [2.05, 4.69) is 4.98 Å². The van der Waals surface area contributed by atoms with Crippen molar-refractivity contribution in [3.05, 3.63) is 53.9 Å². The zero-order chi connectivity index (χ0) is 16.6. The predicted octanol–water partition coefficient (Wildman–Crippen LogP) is 5.44. The molecule has 0 aliphatic heterocycles. The first-order valence-electron chi connectivity index (χ1n) is 7.18. The second-order valence-corrected chi connectivity index (χ2v) is 6.55. The largest absolute Gasteiger partial charge is 0.416 e. The Balaban J connectivity index is 2.12. The maximum absolute atomic E-state index is 12.9. The first kappa shape index (κ1) is 15.9. The maximum Gasteiger partial charge on any atom is 0.416 e. The molecule has 0 spiro atoms. The number of aryl methyl sites for hydroxylation is 1. The molecule has 0 aliphatic rings. The molecule has 3 aromatic rings. The van der Waals surface area contributed by atoms with E-state index in [9.17, 15) is 13.2 Å². The van der Waals surface area contributed by atoms with Crippen LogP contribution in [0.2, 0.25) is 0 Å². The molecule has 0 bridgehead atoms. The van der Waals surface area contributed by atoms with Crippen LogP contribution in [-0.2, 0) is 6.18 Å². The van der Waals surface area contributed by atoms with E-state index in [4.69, 9.17) is 0 Å². The van der Waals surface area contributed by atoms with E-state index >= 15 is 0 Å². The fourth-order valence-electron chi connectivity index (χ4n) is 2.42. The quantitative estimate of drug-likeness (QED) is 0.593. The van der Waals surface area contributed by atoms with E-state index in [1.165, 1.54) is 23.9 Å². The topological polar surface area (TPSA) is 17.3 Å². The molecule has 0 N–H and O–H groups in total. The molecule has 120 valence electrons. The second kappa shape index (κ2) is 5.92. The number of hydrogen-bond donors (Lipinski definition) is 0. The van der Waals surface area contributed by atoms with E-state index in [1.54, 1.807) is 0 Å². The van der Waals surface area contributed by atoms with Crippen molar-refractivity contribution in [2.24, 2.45) is 0 Å². The molecule has 2 aromatic heterocycles. The summed E-state index contributed by atoms with van der Waals surface area (Å²) in [5.74, 6) is 0.695. The van der Waals surface area contributed by atoms with Gasteiger partial charge in [0.1, 0.15) is 5.65 Å². The third-order valence-corrected chi connectivity index (χ3v) is 4.42. The van der Waals surface area contributed by atoms with Gasteiger partial charge in [0.25, 0.3) is 0 Å². The average Bonchev–Trinajstić information content (AvgIpc) is 2.89. The molecule has 0 aliphatic carbocycles. The van der Waals surface area contributed by atoms with Crippen LogP contribution in [0.1, 0.15) is 18.1 Å². The maximum atomic E-state index is 12.9. The summed E-state index contributed by atoms with van der Waals surface area (Å²) in [7, 11) is 0. The first-order valence-corrected chi connectivity index (χ1v) is 8.17. The number of aromatic nitrogens is 2. The number of hydrogen-bond acceptors (Lipinski definition) is 2. The van der Waals surface area contributed by atoms with Gasteiger partial charge >= 0.3 is 6.18 Å². The highest BCUT2D eigenvalue weighted by Crippen LogP contribution is 2.37. The average molecular weight is 336 g/mol. The van der Waals surface area contributed by atoms with E-state index in [0.717, 1.165) is 22.8 Å². The summed E-state index contributed by atoms with van der Waals surface area (Å²) >= 11 is 1.39. The molecular weight excluding hydrogens is 321 g/mol. The van der Waals surface area contributed by atoms with Gasteiger partial charge in [0, 0.05) is 22.9 Å². The van der Waals surface area contributed by atoms with Crippen molar-refractivity contribution >= 4 is 17.4 Å². The Kier molecular flexibility index (Phi) is 4.10. The molecule has 2 nitrogen and oxygen atoms in total. The summed E-state index contributed by atoms with van der Waals surface area (Å²) in [5, 5.41) is 0. The van der Waals surface area contributed by atoms with Crippen molar-refractivity contribution in [1.29, 1.82) is 0 Å². The Hall–Kier alpha value is -1.95. The molecule has 0 amide bonds. The zero-order valence-electron chi connectivity index (χ0n) is 12.7. The van der Waals surface area contributed by atoms with E-state index < -0.39 is 11.7 Å². The third-order valence-electron chi connectivity index (χ3n) is 3.48. The van der Waals surface area contributed by atoms with Crippen LogP contribution in [-0.4, -0.2) is 15.1 Å². The number of halogens is 3. The van der Waals surface area contributed by atoms with Crippen molar-refractivity contribution < 1.29 is 13.2 Å². The second-order valence-electron chi connectivity index (χ2n) is 5.24. The highest BCUT2D eigenvalue weighted by Gasteiger charge is 2.31. The van der Waals surface area contributed by atoms with Crippen LogP contribution in [0.5, 0.6) is 0 Å². The van der Waals surface area contributed by atoms with Gasteiger partial charge in [0.2, 0.25) is 0 Å². The lowest BCUT2D eigenvalue weighted by Gasteiger charge is -2.11. The third kappa shape index (κ3) is 3.22. The normalized spacial score (nSPS) is 12.0. The molecule has 2 heterocycles. The molecule has 3 rings (SSSR count). The summed E-state index contributed by atoms with van der Waals surface area (Å²) < 4.78 is 40.7. The van der Waals surface area contributed by atoms with Gasteiger partial charge in [-0.1, -0.05) is 19.1 Å². The Morgan fingerprint density at radius 2 is 1.91 bits per heavy atom. The number of pyridine rings is 1. The van der Waals surface area contributed by atoms with Crippen LogP contribution in [0.4, 0.5) is 13.2 Å². The molecule has 0 saturated heterocycles. The Bertz CT molecular complexity index is 853. The van der Waals surface area contributed by atoms with Gasteiger partial charge in [-0.05, 0) is 36.4 Å². The number of fused-ring (bicyclic) bond motifs is 1. The minimum Gasteiger partial charge on any atom is -0.306 e. The molecule has 0 radical (unpaired) electrons. The fourth-order valence-corrected chi connectivity index (χ4v) is 3.27. The van der Waals surface area contributed by atoms with Gasteiger partial charge in [-0.25, -0.2) is 4.98 Å². The summed E-state index contributed by atoms with van der Waals surface area (Å²) in [6.07, 6.45) is -0.537. The van der Waals surface area contributed by atoms with Crippen LogP contribution >= 0.6 is 11.8 Å². The van der Waals surface area contributed by atoms with Crippen LogP contribution < -0.4 is 0 Å². The number of benzene rings is 1. The molecule has 6 heteroatoms. The lowest BCUT2D eigenvalue weighted by atomic mass is 10.1. The van der Waals surface area contributed by atoms with Crippen molar-refractivity contribution in [3.8, 4) is 11.3 Å². The number of alkyl halides is 3. The molecular formula is C17H15F3N2S. The van der Waals surface area contributed by atoms with E-state index in [-0.39, 0.29) is 0 Å². The van der Waals surface area contributed by atoms with Crippen molar-refractivity contribution in [2.75, 3.05) is 5.75 Å². The standard InChI is InChI=1S/C17H15F3N2S/c1-3-23-15-8-12(17(18,19)20)5-6-13(15)14-10-22-9-11(2)4-7-16(22)21-14/h4-10H,3H2,1-2H3. The molecule has 0 atom stereocenters.